The van der Waals surface area contributed by atoms with E-state index in [9.17, 15) is 9.18 Å². The molecule has 0 bridgehead atoms. The number of carbonyl (C=O) groups is 1. The van der Waals surface area contributed by atoms with Crippen molar-refractivity contribution in [1.29, 1.82) is 0 Å². The maximum atomic E-state index is 12.7. The summed E-state index contributed by atoms with van der Waals surface area (Å²) in [5, 5.41) is 6.05. The van der Waals surface area contributed by atoms with Gasteiger partial charge in [0.25, 0.3) is 0 Å². The highest BCUT2D eigenvalue weighted by molar-refractivity contribution is 6.30. The van der Waals surface area contributed by atoms with Crippen LogP contribution in [0.5, 0.6) is 0 Å². The van der Waals surface area contributed by atoms with Gasteiger partial charge in [-0.15, -0.1) is 0 Å². The third-order valence-corrected chi connectivity index (χ3v) is 2.97. The van der Waals surface area contributed by atoms with Gasteiger partial charge in [0.05, 0.1) is 0 Å². The Bertz CT molecular complexity index is 569. The van der Waals surface area contributed by atoms with Crippen molar-refractivity contribution in [3.63, 3.8) is 0 Å². The van der Waals surface area contributed by atoms with Gasteiger partial charge in [-0.3, -0.25) is 0 Å². The van der Waals surface area contributed by atoms with Crippen LogP contribution in [0.4, 0.5) is 14.9 Å². The molecule has 104 valence electrons. The number of benzene rings is 2. The lowest BCUT2D eigenvalue weighted by Gasteiger charge is -2.07. The normalized spacial score (nSPS) is 10.1. The molecule has 2 amide bonds. The van der Waals surface area contributed by atoms with Crippen LogP contribution in [0.15, 0.2) is 48.5 Å². The summed E-state index contributed by atoms with van der Waals surface area (Å²) in [6.45, 7) is 0.477. The molecular formula is C15H14ClFN2O. The summed E-state index contributed by atoms with van der Waals surface area (Å²) >= 11 is 5.76. The van der Waals surface area contributed by atoms with E-state index in [1.54, 1.807) is 36.4 Å². The number of hydrogen-bond donors (Lipinski definition) is 2. The molecule has 20 heavy (non-hydrogen) atoms. The molecule has 2 aromatic carbocycles. The van der Waals surface area contributed by atoms with Crippen LogP contribution >= 0.6 is 11.6 Å². The molecule has 0 fully saturated rings. The van der Waals surface area contributed by atoms with Gasteiger partial charge >= 0.3 is 6.03 Å². The third-order valence-electron chi connectivity index (χ3n) is 2.71. The topological polar surface area (TPSA) is 41.1 Å². The van der Waals surface area contributed by atoms with E-state index in [0.29, 0.717) is 23.7 Å². The minimum atomic E-state index is -0.283. The molecule has 0 aromatic heterocycles. The van der Waals surface area contributed by atoms with Crippen molar-refractivity contribution in [2.75, 3.05) is 11.9 Å². The fourth-order valence-electron chi connectivity index (χ4n) is 1.68. The van der Waals surface area contributed by atoms with E-state index in [4.69, 9.17) is 11.6 Å². The van der Waals surface area contributed by atoms with E-state index in [0.717, 1.165) is 5.56 Å². The number of amides is 2. The molecule has 0 aliphatic rings. The van der Waals surface area contributed by atoms with Gasteiger partial charge in [0, 0.05) is 17.3 Å². The number of nitrogens with one attached hydrogen (secondary N) is 2. The van der Waals surface area contributed by atoms with Crippen LogP contribution in [0.2, 0.25) is 5.02 Å². The molecule has 2 rings (SSSR count). The SMILES string of the molecule is O=C(NCCc1ccc(F)cc1)Nc1ccc(Cl)cc1. The standard InChI is InChI=1S/C15H14ClFN2O/c16-12-3-7-14(8-4-12)19-15(20)18-10-9-11-1-5-13(17)6-2-11/h1-8H,9-10H2,(H2,18,19,20). The lowest BCUT2D eigenvalue weighted by atomic mass is 10.1. The van der Waals surface area contributed by atoms with Crippen molar-refractivity contribution in [2.24, 2.45) is 0 Å². The largest absolute Gasteiger partial charge is 0.338 e. The first-order valence-electron chi connectivity index (χ1n) is 6.18. The van der Waals surface area contributed by atoms with Crippen molar-refractivity contribution in [3.8, 4) is 0 Å². The Hall–Kier alpha value is -2.07. The summed E-state index contributed by atoms with van der Waals surface area (Å²) in [6, 6.07) is 12.8. The highest BCUT2D eigenvalue weighted by Gasteiger charge is 2.01. The highest BCUT2D eigenvalue weighted by Crippen LogP contribution is 2.13. The van der Waals surface area contributed by atoms with Gasteiger partial charge in [0.1, 0.15) is 5.82 Å². The lowest BCUT2D eigenvalue weighted by Crippen LogP contribution is -2.30. The fraction of sp³-hybridized carbons (Fsp3) is 0.133. The lowest BCUT2D eigenvalue weighted by molar-refractivity contribution is 0.252. The minimum Gasteiger partial charge on any atom is -0.338 e. The Morgan fingerprint density at radius 2 is 1.70 bits per heavy atom. The smallest absolute Gasteiger partial charge is 0.319 e. The zero-order valence-electron chi connectivity index (χ0n) is 10.7. The molecule has 0 saturated heterocycles. The first kappa shape index (κ1) is 14.3. The van der Waals surface area contributed by atoms with Gasteiger partial charge in [-0.05, 0) is 48.4 Å². The second-order valence-corrected chi connectivity index (χ2v) is 4.70. The van der Waals surface area contributed by atoms with Gasteiger partial charge in [0.15, 0.2) is 0 Å². The molecule has 0 atom stereocenters. The van der Waals surface area contributed by atoms with Crippen molar-refractivity contribution >= 4 is 23.3 Å². The molecule has 5 heteroatoms. The van der Waals surface area contributed by atoms with Crippen LogP contribution in [0.25, 0.3) is 0 Å². The first-order valence-corrected chi connectivity index (χ1v) is 6.56. The number of anilines is 1. The molecule has 0 unspecified atom stereocenters. The molecule has 0 aliphatic carbocycles. The van der Waals surface area contributed by atoms with E-state index in [2.05, 4.69) is 10.6 Å². The number of urea groups is 1. The molecule has 3 nitrogen and oxygen atoms in total. The second kappa shape index (κ2) is 6.91. The predicted octanol–water partition coefficient (Wildman–Crippen LogP) is 3.84. The molecule has 0 saturated carbocycles. The van der Waals surface area contributed by atoms with Crippen LogP contribution < -0.4 is 10.6 Å². The highest BCUT2D eigenvalue weighted by atomic mass is 35.5. The first-order chi connectivity index (χ1) is 9.63. The van der Waals surface area contributed by atoms with Gasteiger partial charge in [0.2, 0.25) is 0 Å². The Kier molecular flexibility index (Phi) is 4.96. The van der Waals surface area contributed by atoms with Gasteiger partial charge in [-0.25, -0.2) is 9.18 Å². The summed E-state index contributed by atoms with van der Waals surface area (Å²) in [6.07, 6.45) is 0.647. The molecule has 0 spiro atoms. The second-order valence-electron chi connectivity index (χ2n) is 4.26. The average Bonchev–Trinajstić information content (AvgIpc) is 2.44. The summed E-state index contributed by atoms with van der Waals surface area (Å²) in [7, 11) is 0. The maximum absolute atomic E-state index is 12.7. The monoisotopic (exact) mass is 292 g/mol. The van der Waals surface area contributed by atoms with Gasteiger partial charge in [-0.1, -0.05) is 23.7 Å². The number of halogens is 2. The van der Waals surface area contributed by atoms with Crippen molar-refractivity contribution < 1.29 is 9.18 Å². The molecular weight excluding hydrogens is 279 g/mol. The summed E-state index contributed by atoms with van der Waals surface area (Å²) in [5.74, 6) is -0.262. The Morgan fingerprint density at radius 1 is 1.05 bits per heavy atom. The quantitative estimate of drug-likeness (QED) is 0.883. The van der Waals surface area contributed by atoms with Gasteiger partial charge in [-0.2, -0.15) is 0 Å². The van der Waals surface area contributed by atoms with Crippen molar-refractivity contribution in [1.82, 2.24) is 5.32 Å². The van der Waals surface area contributed by atoms with Crippen LogP contribution in [0.3, 0.4) is 0 Å². The van der Waals surface area contributed by atoms with E-state index in [1.165, 1.54) is 12.1 Å². The van der Waals surface area contributed by atoms with Crippen LogP contribution in [0.1, 0.15) is 5.56 Å². The van der Waals surface area contributed by atoms with Crippen molar-refractivity contribution in [2.45, 2.75) is 6.42 Å². The van der Waals surface area contributed by atoms with Crippen LogP contribution in [-0.4, -0.2) is 12.6 Å². The third kappa shape index (κ3) is 4.55. The zero-order valence-corrected chi connectivity index (χ0v) is 11.5. The molecule has 0 aliphatic heterocycles. The predicted molar refractivity (Wildman–Crippen MR) is 78.6 cm³/mol. The minimum absolute atomic E-state index is 0.262. The van der Waals surface area contributed by atoms with E-state index >= 15 is 0 Å². The molecule has 0 heterocycles. The van der Waals surface area contributed by atoms with Crippen LogP contribution in [-0.2, 0) is 6.42 Å². The number of carbonyl (C=O) groups excluding carboxylic acids is 1. The molecule has 0 radical (unpaired) electrons. The average molecular weight is 293 g/mol. The Labute approximate surface area is 121 Å². The summed E-state index contributed by atoms with van der Waals surface area (Å²) in [4.78, 5) is 11.6. The molecule has 2 aromatic rings. The van der Waals surface area contributed by atoms with Gasteiger partial charge < -0.3 is 10.6 Å². The van der Waals surface area contributed by atoms with E-state index < -0.39 is 0 Å². The molecule has 2 N–H and O–H groups in total. The maximum Gasteiger partial charge on any atom is 0.319 e. The Morgan fingerprint density at radius 3 is 2.35 bits per heavy atom. The fourth-order valence-corrected chi connectivity index (χ4v) is 1.81. The number of rotatable bonds is 4. The van der Waals surface area contributed by atoms with Crippen molar-refractivity contribution in [3.05, 3.63) is 64.9 Å². The van der Waals surface area contributed by atoms with Crippen LogP contribution in [0, 0.1) is 5.82 Å². The zero-order chi connectivity index (χ0) is 14.4. The van der Waals surface area contributed by atoms with E-state index in [-0.39, 0.29) is 11.8 Å². The summed E-state index contributed by atoms with van der Waals surface area (Å²) in [5.41, 5.74) is 1.65. The Balaban J connectivity index is 1.75. The number of hydrogen-bond acceptors (Lipinski definition) is 1. The summed E-state index contributed by atoms with van der Waals surface area (Å²) < 4.78 is 12.7. The van der Waals surface area contributed by atoms with E-state index in [1.807, 2.05) is 0 Å².